The number of carbonyl (C=O) groups excluding carboxylic acids is 1. The van der Waals surface area contributed by atoms with E-state index < -0.39 is 0 Å². The summed E-state index contributed by atoms with van der Waals surface area (Å²) < 4.78 is 0.363. The Morgan fingerprint density at radius 1 is 1.62 bits per heavy atom. The molecule has 76 valence electrons. The molecule has 4 heteroatoms. The number of hydrogen-bond acceptors (Lipinski definition) is 2. The lowest BCUT2D eigenvalue weighted by molar-refractivity contribution is -0.120. The molecule has 0 saturated heterocycles. The van der Waals surface area contributed by atoms with E-state index in [9.17, 15) is 4.79 Å². The van der Waals surface area contributed by atoms with Crippen LogP contribution in [0.15, 0.2) is 0 Å². The summed E-state index contributed by atoms with van der Waals surface area (Å²) in [6.45, 7) is 0.847. The topological polar surface area (TPSA) is 29.1 Å². The van der Waals surface area contributed by atoms with Gasteiger partial charge < -0.3 is 5.32 Å². The number of halogens is 1. The molecule has 1 saturated carbocycles. The lowest BCUT2D eigenvalue weighted by atomic mass is 9.84. The first kappa shape index (κ1) is 11.4. The summed E-state index contributed by atoms with van der Waals surface area (Å²) >= 11 is 5.15. The van der Waals surface area contributed by atoms with E-state index in [1.165, 1.54) is 19.3 Å². The summed E-state index contributed by atoms with van der Waals surface area (Å²) in [6, 6.07) is 0. The molecule has 0 aromatic carbocycles. The maximum absolute atomic E-state index is 11.2. The van der Waals surface area contributed by atoms with Gasteiger partial charge in [-0.15, -0.1) is 0 Å². The first-order valence-corrected chi connectivity index (χ1v) is 6.95. The highest BCUT2D eigenvalue weighted by molar-refractivity contribution is 9.09. The van der Waals surface area contributed by atoms with E-state index in [0.717, 1.165) is 11.9 Å². The smallest absolute Gasteiger partial charge is 0.220 e. The lowest BCUT2D eigenvalue weighted by Gasteiger charge is -2.40. The molecule has 0 spiro atoms. The third-order valence-electron chi connectivity index (χ3n) is 2.63. The van der Waals surface area contributed by atoms with Gasteiger partial charge in [-0.05, 0) is 19.1 Å². The Morgan fingerprint density at radius 2 is 2.31 bits per heavy atom. The van der Waals surface area contributed by atoms with Crippen LogP contribution >= 0.6 is 27.7 Å². The number of carbonyl (C=O) groups is 1. The maximum atomic E-state index is 11.2. The van der Waals surface area contributed by atoms with Crippen molar-refractivity contribution in [3.63, 3.8) is 0 Å². The molecule has 13 heavy (non-hydrogen) atoms. The molecule has 0 aliphatic heterocycles. The van der Waals surface area contributed by atoms with Crippen molar-refractivity contribution in [3.05, 3.63) is 0 Å². The highest BCUT2D eigenvalue weighted by Gasteiger charge is 2.36. The highest BCUT2D eigenvalue weighted by Crippen LogP contribution is 2.42. The standard InChI is InChI=1S/C9H16BrNOS/c1-13-9(4-2-5-9)7-11-8(12)3-6-10/h2-7H2,1H3,(H,11,12). The van der Waals surface area contributed by atoms with Crippen LogP contribution in [-0.2, 0) is 4.79 Å². The predicted octanol–water partition coefficient (Wildman–Crippen LogP) is 2.17. The number of thioether (sulfide) groups is 1. The largest absolute Gasteiger partial charge is 0.355 e. The van der Waals surface area contributed by atoms with Gasteiger partial charge in [0, 0.05) is 23.0 Å². The van der Waals surface area contributed by atoms with E-state index in [4.69, 9.17) is 0 Å². The second-order valence-electron chi connectivity index (χ2n) is 3.46. The molecule has 0 radical (unpaired) electrons. The number of hydrogen-bond donors (Lipinski definition) is 1. The third-order valence-corrected chi connectivity index (χ3v) is 4.44. The van der Waals surface area contributed by atoms with Gasteiger partial charge in [-0.1, -0.05) is 22.4 Å². The van der Waals surface area contributed by atoms with Crippen molar-refractivity contribution < 1.29 is 4.79 Å². The molecule has 0 atom stereocenters. The molecule has 0 bridgehead atoms. The Balaban J connectivity index is 2.20. The van der Waals surface area contributed by atoms with Crippen LogP contribution in [0.1, 0.15) is 25.7 Å². The summed E-state index contributed by atoms with van der Waals surface area (Å²) in [5, 5.41) is 3.74. The molecule has 0 heterocycles. The Bertz CT molecular complexity index is 177. The fourth-order valence-electron chi connectivity index (χ4n) is 1.46. The summed E-state index contributed by atoms with van der Waals surface area (Å²) in [5.74, 6) is 0.164. The van der Waals surface area contributed by atoms with Crippen LogP contribution < -0.4 is 5.32 Å². The van der Waals surface area contributed by atoms with Crippen LogP contribution in [0.4, 0.5) is 0 Å². The van der Waals surface area contributed by atoms with Gasteiger partial charge in [0.05, 0.1) is 0 Å². The highest BCUT2D eigenvalue weighted by atomic mass is 79.9. The van der Waals surface area contributed by atoms with Crippen molar-refractivity contribution >= 4 is 33.6 Å². The van der Waals surface area contributed by atoms with E-state index in [-0.39, 0.29) is 5.91 Å². The van der Waals surface area contributed by atoms with Gasteiger partial charge in [-0.2, -0.15) is 11.8 Å². The van der Waals surface area contributed by atoms with Crippen molar-refractivity contribution in [2.45, 2.75) is 30.4 Å². The van der Waals surface area contributed by atoms with E-state index in [1.54, 1.807) is 0 Å². The quantitative estimate of drug-likeness (QED) is 0.773. The molecule has 0 aromatic heterocycles. The normalized spacial score (nSPS) is 19.2. The molecule has 1 aliphatic rings. The Labute approximate surface area is 92.4 Å². The van der Waals surface area contributed by atoms with Gasteiger partial charge in [-0.3, -0.25) is 4.79 Å². The van der Waals surface area contributed by atoms with Crippen LogP contribution in [0.25, 0.3) is 0 Å². The molecule has 1 amide bonds. The van der Waals surface area contributed by atoms with Gasteiger partial charge >= 0.3 is 0 Å². The first-order valence-electron chi connectivity index (χ1n) is 4.60. The average Bonchev–Trinajstić information content (AvgIpc) is 2.04. The molecule has 2 nitrogen and oxygen atoms in total. The second-order valence-corrected chi connectivity index (χ2v) is 5.52. The first-order chi connectivity index (χ1) is 6.22. The van der Waals surface area contributed by atoms with Crippen LogP contribution in [0.2, 0.25) is 0 Å². The SMILES string of the molecule is CSC1(CNC(=O)CCBr)CCC1. The van der Waals surface area contributed by atoms with Crippen molar-refractivity contribution in [1.29, 1.82) is 0 Å². The van der Waals surface area contributed by atoms with E-state index >= 15 is 0 Å². The fourth-order valence-corrected chi connectivity index (χ4v) is 2.73. The lowest BCUT2D eigenvalue weighted by Crippen LogP contribution is -2.45. The molecule has 1 N–H and O–H groups in total. The number of rotatable bonds is 5. The van der Waals surface area contributed by atoms with E-state index in [0.29, 0.717) is 11.2 Å². The van der Waals surface area contributed by atoms with Crippen LogP contribution in [0, 0.1) is 0 Å². The minimum Gasteiger partial charge on any atom is -0.355 e. The van der Waals surface area contributed by atoms with Gasteiger partial charge in [0.1, 0.15) is 0 Å². The molecule has 1 fully saturated rings. The summed E-state index contributed by atoms with van der Waals surface area (Å²) in [5.41, 5.74) is 0. The van der Waals surface area contributed by atoms with Gasteiger partial charge in [0.15, 0.2) is 0 Å². The average molecular weight is 266 g/mol. The zero-order valence-corrected chi connectivity index (χ0v) is 10.3. The summed E-state index contributed by atoms with van der Waals surface area (Å²) in [4.78, 5) is 11.2. The molecule has 0 aromatic rings. The Morgan fingerprint density at radius 3 is 2.69 bits per heavy atom. The fraction of sp³-hybridized carbons (Fsp3) is 0.889. The summed E-state index contributed by atoms with van der Waals surface area (Å²) in [6.07, 6.45) is 6.54. The van der Waals surface area contributed by atoms with Crippen LogP contribution in [0.3, 0.4) is 0 Å². The zero-order valence-electron chi connectivity index (χ0n) is 7.94. The number of amides is 1. The molecule has 1 aliphatic carbocycles. The molecular formula is C9H16BrNOS. The van der Waals surface area contributed by atoms with Crippen LogP contribution in [0.5, 0.6) is 0 Å². The Kier molecular flexibility index (Phi) is 4.59. The van der Waals surface area contributed by atoms with E-state index in [2.05, 4.69) is 27.5 Å². The molecule has 1 rings (SSSR count). The Hall–Kier alpha value is 0.300. The number of nitrogens with one attached hydrogen (secondary N) is 1. The summed E-state index contributed by atoms with van der Waals surface area (Å²) in [7, 11) is 0. The van der Waals surface area contributed by atoms with Crippen LogP contribution in [-0.4, -0.2) is 28.8 Å². The number of alkyl halides is 1. The second kappa shape index (κ2) is 5.25. The van der Waals surface area contributed by atoms with Gasteiger partial charge in [0.2, 0.25) is 5.91 Å². The van der Waals surface area contributed by atoms with E-state index in [1.807, 2.05) is 11.8 Å². The van der Waals surface area contributed by atoms with Gasteiger partial charge in [0.25, 0.3) is 0 Å². The molecular weight excluding hydrogens is 250 g/mol. The minimum absolute atomic E-state index is 0.164. The van der Waals surface area contributed by atoms with Crippen molar-refractivity contribution in [2.24, 2.45) is 0 Å². The maximum Gasteiger partial charge on any atom is 0.220 e. The monoisotopic (exact) mass is 265 g/mol. The van der Waals surface area contributed by atoms with Gasteiger partial charge in [-0.25, -0.2) is 0 Å². The van der Waals surface area contributed by atoms with Crippen molar-refractivity contribution in [1.82, 2.24) is 5.32 Å². The molecule has 0 unspecified atom stereocenters. The zero-order chi connectivity index (χ0) is 9.73. The third kappa shape index (κ3) is 3.17. The van der Waals surface area contributed by atoms with Crippen molar-refractivity contribution in [2.75, 3.05) is 18.1 Å². The predicted molar refractivity (Wildman–Crippen MR) is 61.5 cm³/mol. The minimum atomic E-state index is 0.164. The van der Waals surface area contributed by atoms with Crippen molar-refractivity contribution in [3.8, 4) is 0 Å².